The second kappa shape index (κ2) is 11.3. The molecule has 1 saturated carbocycles. The van der Waals surface area contributed by atoms with Crippen molar-refractivity contribution >= 4 is 35.4 Å². The van der Waals surface area contributed by atoms with E-state index < -0.39 is 29.9 Å². The molecule has 32 heavy (non-hydrogen) atoms. The molecular weight excluding hydrogens is 436 g/mol. The highest BCUT2D eigenvalue weighted by Crippen LogP contribution is 2.38. The second-order valence-corrected chi connectivity index (χ2v) is 8.84. The number of alkyl carbamates (subject to hydrolysis) is 1. The summed E-state index contributed by atoms with van der Waals surface area (Å²) >= 11 is 6.34. The number of ether oxygens (including phenoxy) is 2. The summed E-state index contributed by atoms with van der Waals surface area (Å²) in [6, 6.07) is 6.01. The number of ketones is 1. The van der Waals surface area contributed by atoms with Gasteiger partial charge in [-0.3, -0.25) is 9.59 Å². The maximum absolute atomic E-state index is 12.9. The lowest BCUT2D eigenvalue weighted by Gasteiger charge is -2.37. The zero-order chi connectivity index (χ0) is 23.9. The van der Waals surface area contributed by atoms with Crippen LogP contribution in [0.25, 0.3) is 0 Å². The maximum Gasteiger partial charge on any atom is 0.411 e. The standard InChI is InChI=1S/C23H31ClN2O6/c1-14(2)13-19(25-15(3)27)21(29)31-16(4)32-22(30)26-23(12-8-7-11-20(23)28)17-9-5-6-10-18(17)24/h5-6,9-10,14,16,19H,7-8,11-13H2,1-4H3,(H,25,27)(H,26,30)/t16?,19?,23-/m0/s1. The van der Waals surface area contributed by atoms with Crippen molar-refractivity contribution in [1.29, 1.82) is 0 Å². The fourth-order valence-electron chi connectivity index (χ4n) is 3.88. The molecule has 2 rings (SSSR count). The summed E-state index contributed by atoms with van der Waals surface area (Å²) in [7, 11) is 0. The van der Waals surface area contributed by atoms with Crippen LogP contribution >= 0.6 is 11.6 Å². The number of carbonyl (C=O) groups is 4. The normalized spacial score (nSPS) is 20.2. The summed E-state index contributed by atoms with van der Waals surface area (Å²) < 4.78 is 10.4. The fraction of sp³-hybridized carbons (Fsp3) is 0.565. The molecule has 2 N–H and O–H groups in total. The average molecular weight is 467 g/mol. The van der Waals surface area contributed by atoms with Crippen LogP contribution in [0.4, 0.5) is 4.79 Å². The molecule has 2 unspecified atom stereocenters. The van der Waals surface area contributed by atoms with Gasteiger partial charge in [0.25, 0.3) is 0 Å². The van der Waals surface area contributed by atoms with Gasteiger partial charge < -0.3 is 20.1 Å². The lowest BCUT2D eigenvalue weighted by Crippen LogP contribution is -2.54. The predicted molar refractivity (Wildman–Crippen MR) is 119 cm³/mol. The zero-order valence-electron chi connectivity index (χ0n) is 18.9. The van der Waals surface area contributed by atoms with E-state index in [1.807, 2.05) is 13.8 Å². The van der Waals surface area contributed by atoms with Gasteiger partial charge in [0.05, 0.1) is 0 Å². The molecule has 1 aliphatic carbocycles. The Hall–Kier alpha value is -2.61. The van der Waals surface area contributed by atoms with Crippen molar-refractivity contribution in [3.05, 3.63) is 34.9 Å². The maximum atomic E-state index is 12.9. The number of Topliss-reactive ketones (excluding diaryl/α,β-unsaturated/α-hetero) is 1. The fourth-order valence-corrected chi connectivity index (χ4v) is 4.17. The lowest BCUT2D eigenvalue weighted by molar-refractivity contribution is -0.169. The van der Waals surface area contributed by atoms with Gasteiger partial charge in [0.1, 0.15) is 11.6 Å². The molecule has 0 saturated heterocycles. The number of hydrogen-bond donors (Lipinski definition) is 2. The van der Waals surface area contributed by atoms with Gasteiger partial charge >= 0.3 is 12.1 Å². The first-order valence-electron chi connectivity index (χ1n) is 10.8. The highest BCUT2D eigenvalue weighted by molar-refractivity contribution is 6.31. The van der Waals surface area contributed by atoms with E-state index in [2.05, 4.69) is 10.6 Å². The van der Waals surface area contributed by atoms with Crippen LogP contribution in [0.1, 0.15) is 65.4 Å². The second-order valence-electron chi connectivity index (χ2n) is 8.43. The number of amides is 2. The van der Waals surface area contributed by atoms with E-state index in [9.17, 15) is 19.2 Å². The molecule has 0 aromatic heterocycles. The van der Waals surface area contributed by atoms with Gasteiger partial charge in [0.2, 0.25) is 12.2 Å². The van der Waals surface area contributed by atoms with Gasteiger partial charge in [-0.1, -0.05) is 43.6 Å². The number of halogens is 1. The van der Waals surface area contributed by atoms with E-state index in [-0.39, 0.29) is 17.6 Å². The molecule has 3 atom stereocenters. The van der Waals surface area contributed by atoms with Crippen molar-refractivity contribution in [2.45, 2.75) is 77.7 Å². The Morgan fingerprint density at radius 3 is 2.41 bits per heavy atom. The summed E-state index contributed by atoms with van der Waals surface area (Å²) in [6.45, 7) is 6.52. The SMILES string of the molecule is CC(=O)NC(CC(C)C)C(=O)OC(C)OC(=O)N[C@]1(c2ccccc2Cl)CCCCC1=O. The first kappa shape index (κ1) is 25.6. The van der Waals surface area contributed by atoms with Gasteiger partial charge in [-0.2, -0.15) is 0 Å². The van der Waals surface area contributed by atoms with Crippen molar-refractivity contribution in [3.8, 4) is 0 Å². The third kappa shape index (κ3) is 6.69. The molecular formula is C23H31ClN2O6. The molecule has 0 spiro atoms. The molecule has 1 aliphatic rings. The quantitative estimate of drug-likeness (QED) is 0.444. The molecule has 2 amide bonds. The Morgan fingerprint density at radius 2 is 1.81 bits per heavy atom. The Kier molecular flexibility index (Phi) is 9.07. The average Bonchev–Trinajstić information content (AvgIpc) is 2.68. The van der Waals surface area contributed by atoms with E-state index in [1.54, 1.807) is 24.3 Å². The van der Waals surface area contributed by atoms with Crippen LogP contribution in [-0.2, 0) is 29.4 Å². The highest BCUT2D eigenvalue weighted by Gasteiger charge is 2.44. The van der Waals surface area contributed by atoms with E-state index in [4.69, 9.17) is 21.1 Å². The largest absolute Gasteiger partial charge is 0.424 e. The minimum atomic E-state index is -1.30. The van der Waals surface area contributed by atoms with Crippen LogP contribution in [0.3, 0.4) is 0 Å². The summed E-state index contributed by atoms with van der Waals surface area (Å²) in [5.74, 6) is -1.09. The van der Waals surface area contributed by atoms with Gasteiger partial charge in [0.15, 0.2) is 5.78 Å². The zero-order valence-corrected chi connectivity index (χ0v) is 19.7. The van der Waals surface area contributed by atoms with Gasteiger partial charge in [0, 0.05) is 30.9 Å². The van der Waals surface area contributed by atoms with Crippen LogP contribution in [0.15, 0.2) is 24.3 Å². The predicted octanol–water partition coefficient (Wildman–Crippen LogP) is 3.84. The monoisotopic (exact) mass is 466 g/mol. The van der Waals surface area contributed by atoms with Crippen LogP contribution in [0, 0.1) is 5.92 Å². The number of esters is 1. The number of carbonyl (C=O) groups excluding carboxylic acids is 4. The molecule has 9 heteroatoms. The van der Waals surface area contributed by atoms with Crippen molar-refractivity contribution < 1.29 is 28.7 Å². The van der Waals surface area contributed by atoms with E-state index in [1.165, 1.54) is 13.8 Å². The molecule has 1 aromatic carbocycles. The lowest BCUT2D eigenvalue weighted by atomic mass is 9.75. The third-order valence-corrected chi connectivity index (χ3v) is 5.58. The van der Waals surface area contributed by atoms with Crippen LogP contribution in [0.2, 0.25) is 5.02 Å². The Bertz CT molecular complexity index is 859. The smallest absolute Gasteiger partial charge is 0.411 e. The Morgan fingerprint density at radius 1 is 1.12 bits per heavy atom. The molecule has 0 bridgehead atoms. The van der Waals surface area contributed by atoms with Crippen LogP contribution in [0.5, 0.6) is 0 Å². The molecule has 0 aliphatic heterocycles. The number of rotatable bonds is 8. The molecule has 1 aromatic rings. The van der Waals surface area contributed by atoms with E-state index in [0.717, 1.165) is 12.8 Å². The molecule has 8 nitrogen and oxygen atoms in total. The summed E-state index contributed by atoms with van der Waals surface area (Å²) in [4.78, 5) is 49.4. The van der Waals surface area contributed by atoms with Crippen molar-refractivity contribution in [1.82, 2.24) is 10.6 Å². The highest BCUT2D eigenvalue weighted by atomic mass is 35.5. The Balaban J connectivity index is 2.09. The molecule has 1 fully saturated rings. The minimum absolute atomic E-state index is 0.131. The molecule has 176 valence electrons. The summed E-state index contributed by atoms with van der Waals surface area (Å²) in [6.07, 6.45) is 0.405. The van der Waals surface area contributed by atoms with Gasteiger partial charge in [-0.25, -0.2) is 9.59 Å². The minimum Gasteiger partial charge on any atom is -0.424 e. The number of nitrogens with one attached hydrogen (secondary N) is 2. The van der Waals surface area contributed by atoms with E-state index in [0.29, 0.717) is 29.8 Å². The van der Waals surface area contributed by atoms with Crippen molar-refractivity contribution in [2.24, 2.45) is 5.92 Å². The number of benzene rings is 1. The van der Waals surface area contributed by atoms with Gasteiger partial charge in [-0.05, 0) is 37.7 Å². The van der Waals surface area contributed by atoms with E-state index >= 15 is 0 Å². The molecule has 0 radical (unpaired) electrons. The first-order valence-corrected chi connectivity index (χ1v) is 11.2. The Labute approximate surface area is 193 Å². The van der Waals surface area contributed by atoms with Crippen LogP contribution in [-0.4, -0.2) is 36.1 Å². The van der Waals surface area contributed by atoms with Crippen LogP contribution < -0.4 is 10.6 Å². The van der Waals surface area contributed by atoms with Crippen molar-refractivity contribution in [3.63, 3.8) is 0 Å². The first-order chi connectivity index (χ1) is 15.0. The third-order valence-electron chi connectivity index (χ3n) is 5.25. The van der Waals surface area contributed by atoms with Gasteiger partial charge in [-0.15, -0.1) is 0 Å². The topological polar surface area (TPSA) is 111 Å². The number of hydrogen-bond acceptors (Lipinski definition) is 6. The van der Waals surface area contributed by atoms with Crippen molar-refractivity contribution in [2.75, 3.05) is 0 Å². The summed E-state index contributed by atoms with van der Waals surface area (Å²) in [5.41, 5.74) is -0.788. The molecule has 0 heterocycles. The summed E-state index contributed by atoms with van der Waals surface area (Å²) in [5, 5.41) is 5.60.